The fraction of sp³-hybridized carbons (Fsp3) is 0.278. The average molecular weight is 283 g/mol. The minimum absolute atomic E-state index is 0.235. The van der Waals surface area contributed by atoms with Crippen LogP contribution in [-0.2, 0) is 9.53 Å². The Kier molecular flexibility index (Phi) is 5.38. The van der Waals surface area contributed by atoms with Crippen molar-refractivity contribution in [3.63, 3.8) is 0 Å². The summed E-state index contributed by atoms with van der Waals surface area (Å²) in [6.45, 7) is 2.12. The molecule has 3 nitrogen and oxygen atoms in total. The van der Waals surface area contributed by atoms with Gasteiger partial charge in [-0.1, -0.05) is 55.5 Å². The molecule has 21 heavy (non-hydrogen) atoms. The molecule has 1 N–H and O–H groups in total. The van der Waals surface area contributed by atoms with Gasteiger partial charge in [0.2, 0.25) is 0 Å². The number of nitrogens with one attached hydrogen (secondary N) is 1. The molecule has 110 valence electrons. The fourth-order valence-electron chi connectivity index (χ4n) is 2.36. The van der Waals surface area contributed by atoms with E-state index in [9.17, 15) is 4.79 Å². The van der Waals surface area contributed by atoms with Gasteiger partial charge in [-0.15, -0.1) is 0 Å². The van der Waals surface area contributed by atoms with Crippen LogP contribution in [0.4, 0.5) is 5.69 Å². The molecular weight excluding hydrogens is 262 g/mol. The van der Waals surface area contributed by atoms with E-state index in [4.69, 9.17) is 4.74 Å². The topological polar surface area (TPSA) is 38.3 Å². The van der Waals surface area contributed by atoms with Crippen LogP contribution in [0.1, 0.15) is 24.8 Å². The van der Waals surface area contributed by atoms with E-state index in [1.807, 2.05) is 48.5 Å². The minimum atomic E-state index is -0.354. The SMILES string of the molecule is COC(=O)C(CC(C)c1ccccc1)Nc1ccccc1. The number of hydrogen-bond donors (Lipinski definition) is 1. The molecule has 0 spiro atoms. The van der Waals surface area contributed by atoms with Crippen LogP contribution in [0.5, 0.6) is 0 Å². The summed E-state index contributed by atoms with van der Waals surface area (Å²) in [7, 11) is 1.43. The maximum absolute atomic E-state index is 12.0. The highest BCUT2D eigenvalue weighted by Gasteiger charge is 2.22. The second-order valence-electron chi connectivity index (χ2n) is 5.13. The summed E-state index contributed by atoms with van der Waals surface area (Å²) in [5.74, 6) is 0.0353. The number of para-hydroxylation sites is 1. The Hall–Kier alpha value is -2.29. The zero-order valence-corrected chi connectivity index (χ0v) is 12.5. The summed E-state index contributed by atoms with van der Waals surface area (Å²) < 4.78 is 4.92. The quantitative estimate of drug-likeness (QED) is 0.819. The molecule has 0 bridgehead atoms. The van der Waals surface area contributed by atoms with Crippen molar-refractivity contribution < 1.29 is 9.53 Å². The van der Waals surface area contributed by atoms with Gasteiger partial charge in [-0.25, -0.2) is 4.79 Å². The molecule has 2 atom stereocenters. The van der Waals surface area contributed by atoms with Crippen molar-refractivity contribution in [3.8, 4) is 0 Å². The lowest BCUT2D eigenvalue weighted by Gasteiger charge is -2.21. The number of carbonyl (C=O) groups excluding carboxylic acids is 1. The maximum Gasteiger partial charge on any atom is 0.328 e. The van der Waals surface area contributed by atoms with Gasteiger partial charge < -0.3 is 10.1 Å². The first-order valence-electron chi connectivity index (χ1n) is 7.15. The Balaban J connectivity index is 2.08. The van der Waals surface area contributed by atoms with Gasteiger partial charge in [-0.05, 0) is 30.0 Å². The average Bonchev–Trinajstić information content (AvgIpc) is 2.55. The molecule has 0 saturated carbocycles. The van der Waals surface area contributed by atoms with Crippen LogP contribution in [0, 0.1) is 0 Å². The fourth-order valence-corrected chi connectivity index (χ4v) is 2.36. The molecule has 2 aromatic rings. The van der Waals surface area contributed by atoms with E-state index in [1.165, 1.54) is 12.7 Å². The van der Waals surface area contributed by atoms with Crippen molar-refractivity contribution in [1.82, 2.24) is 0 Å². The highest BCUT2D eigenvalue weighted by Crippen LogP contribution is 2.22. The lowest BCUT2D eigenvalue weighted by molar-refractivity contribution is -0.141. The smallest absolute Gasteiger partial charge is 0.328 e. The highest BCUT2D eigenvalue weighted by atomic mass is 16.5. The first kappa shape index (κ1) is 15.1. The lowest BCUT2D eigenvalue weighted by atomic mass is 9.94. The molecule has 0 radical (unpaired) electrons. The molecule has 0 aromatic heterocycles. The standard InChI is InChI=1S/C18H21NO2/c1-14(15-9-5-3-6-10-15)13-17(18(20)21-2)19-16-11-7-4-8-12-16/h3-12,14,17,19H,13H2,1-2H3. The van der Waals surface area contributed by atoms with E-state index >= 15 is 0 Å². The molecule has 0 saturated heterocycles. The Morgan fingerprint density at radius 1 is 1.05 bits per heavy atom. The number of anilines is 1. The number of ether oxygens (including phenoxy) is 1. The van der Waals surface area contributed by atoms with Crippen LogP contribution in [0.3, 0.4) is 0 Å². The molecule has 0 aliphatic heterocycles. The van der Waals surface area contributed by atoms with Crippen LogP contribution in [0.15, 0.2) is 60.7 Å². The van der Waals surface area contributed by atoms with Gasteiger partial charge in [-0.2, -0.15) is 0 Å². The number of rotatable bonds is 6. The summed E-state index contributed by atoms with van der Waals surface area (Å²) in [6, 6.07) is 19.6. The second-order valence-corrected chi connectivity index (χ2v) is 5.13. The van der Waals surface area contributed by atoms with Gasteiger partial charge in [0.15, 0.2) is 0 Å². The zero-order valence-electron chi connectivity index (χ0n) is 12.5. The number of carbonyl (C=O) groups is 1. The first-order chi connectivity index (χ1) is 10.2. The Morgan fingerprint density at radius 3 is 2.19 bits per heavy atom. The Labute approximate surface area is 126 Å². The van der Waals surface area contributed by atoms with E-state index in [-0.39, 0.29) is 17.9 Å². The van der Waals surface area contributed by atoms with E-state index in [0.717, 1.165) is 5.69 Å². The summed E-state index contributed by atoms with van der Waals surface area (Å²) in [5.41, 5.74) is 2.15. The molecule has 2 aromatic carbocycles. The minimum Gasteiger partial charge on any atom is -0.467 e. The predicted octanol–water partition coefficient (Wildman–Crippen LogP) is 3.83. The van der Waals surface area contributed by atoms with Crippen molar-refractivity contribution in [2.75, 3.05) is 12.4 Å². The van der Waals surface area contributed by atoms with Gasteiger partial charge in [0.25, 0.3) is 0 Å². The third kappa shape index (κ3) is 4.35. The summed E-state index contributed by atoms with van der Waals surface area (Å²) in [4.78, 5) is 12.0. The molecule has 2 unspecified atom stereocenters. The molecular formula is C18H21NO2. The number of hydrogen-bond acceptors (Lipinski definition) is 3. The normalized spacial score (nSPS) is 13.2. The van der Waals surface area contributed by atoms with E-state index in [2.05, 4.69) is 24.4 Å². The van der Waals surface area contributed by atoms with Crippen molar-refractivity contribution in [2.24, 2.45) is 0 Å². The monoisotopic (exact) mass is 283 g/mol. The number of esters is 1. The maximum atomic E-state index is 12.0. The molecule has 0 aliphatic rings. The largest absolute Gasteiger partial charge is 0.467 e. The molecule has 3 heteroatoms. The number of benzene rings is 2. The summed E-state index contributed by atoms with van der Waals surface area (Å²) in [5, 5.41) is 3.26. The number of methoxy groups -OCH3 is 1. The van der Waals surface area contributed by atoms with Crippen molar-refractivity contribution in [1.29, 1.82) is 0 Å². The van der Waals surface area contributed by atoms with Crippen LogP contribution in [-0.4, -0.2) is 19.1 Å². The van der Waals surface area contributed by atoms with E-state index < -0.39 is 0 Å². The summed E-state index contributed by atoms with van der Waals surface area (Å²) in [6.07, 6.45) is 0.686. The first-order valence-corrected chi connectivity index (χ1v) is 7.15. The predicted molar refractivity (Wildman–Crippen MR) is 85.3 cm³/mol. The molecule has 0 aliphatic carbocycles. The molecule has 2 rings (SSSR count). The lowest BCUT2D eigenvalue weighted by Crippen LogP contribution is -2.32. The van der Waals surface area contributed by atoms with Crippen LogP contribution >= 0.6 is 0 Å². The van der Waals surface area contributed by atoms with E-state index in [1.54, 1.807) is 0 Å². The Bertz CT molecular complexity index is 554. The van der Waals surface area contributed by atoms with Gasteiger partial charge in [0, 0.05) is 5.69 Å². The zero-order chi connectivity index (χ0) is 15.1. The second kappa shape index (κ2) is 7.48. The van der Waals surface area contributed by atoms with Crippen LogP contribution < -0.4 is 5.32 Å². The van der Waals surface area contributed by atoms with E-state index in [0.29, 0.717) is 6.42 Å². The Morgan fingerprint density at radius 2 is 1.62 bits per heavy atom. The van der Waals surface area contributed by atoms with Gasteiger partial charge in [-0.3, -0.25) is 0 Å². The van der Waals surface area contributed by atoms with Gasteiger partial charge >= 0.3 is 5.97 Å². The van der Waals surface area contributed by atoms with Crippen molar-refractivity contribution >= 4 is 11.7 Å². The van der Waals surface area contributed by atoms with Crippen LogP contribution in [0.2, 0.25) is 0 Å². The third-order valence-corrected chi connectivity index (χ3v) is 3.56. The molecule has 0 heterocycles. The molecule has 0 fully saturated rings. The molecule has 0 amide bonds. The highest BCUT2D eigenvalue weighted by molar-refractivity contribution is 5.79. The third-order valence-electron chi connectivity index (χ3n) is 3.56. The van der Waals surface area contributed by atoms with Crippen LogP contribution in [0.25, 0.3) is 0 Å². The van der Waals surface area contributed by atoms with Crippen molar-refractivity contribution in [2.45, 2.75) is 25.3 Å². The summed E-state index contributed by atoms with van der Waals surface area (Å²) >= 11 is 0. The van der Waals surface area contributed by atoms with Gasteiger partial charge in [0.1, 0.15) is 6.04 Å². The van der Waals surface area contributed by atoms with Crippen molar-refractivity contribution in [3.05, 3.63) is 66.2 Å². The van der Waals surface area contributed by atoms with Gasteiger partial charge in [0.05, 0.1) is 7.11 Å².